The molecule has 1 aliphatic rings. The maximum atomic E-state index is 12.6. The molecule has 1 fully saturated rings. The summed E-state index contributed by atoms with van der Waals surface area (Å²) in [6.07, 6.45) is 4.15. The van der Waals surface area contributed by atoms with Gasteiger partial charge in [-0.15, -0.1) is 0 Å². The van der Waals surface area contributed by atoms with Crippen LogP contribution in [0.5, 0.6) is 0 Å². The molecule has 6 heteroatoms. The normalized spacial score (nSPS) is 22.8. The summed E-state index contributed by atoms with van der Waals surface area (Å²) >= 11 is 0. The SMILES string of the molecule is C[C@@H]1CCCC[C@H]1NS(=O)(=O)c1ccc2oc(=O)ccc2c1. The van der Waals surface area contributed by atoms with Crippen LogP contribution in [0.15, 0.2) is 44.4 Å². The zero-order chi connectivity index (χ0) is 15.7. The molecule has 1 aliphatic carbocycles. The van der Waals surface area contributed by atoms with Crippen molar-refractivity contribution >= 4 is 21.0 Å². The van der Waals surface area contributed by atoms with Crippen LogP contribution in [0.2, 0.25) is 0 Å². The molecule has 0 radical (unpaired) electrons. The van der Waals surface area contributed by atoms with Crippen molar-refractivity contribution in [3.8, 4) is 0 Å². The van der Waals surface area contributed by atoms with Gasteiger partial charge in [-0.1, -0.05) is 19.8 Å². The molecule has 0 bridgehead atoms. The first-order chi connectivity index (χ1) is 10.5. The van der Waals surface area contributed by atoms with Crippen molar-refractivity contribution in [3.05, 3.63) is 40.8 Å². The summed E-state index contributed by atoms with van der Waals surface area (Å²) in [6.45, 7) is 2.08. The van der Waals surface area contributed by atoms with Crippen molar-refractivity contribution in [2.24, 2.45) is 5.92 Å². The van der Waals surface area contributed by atoms with Gasteiger partial charge in [0.1, 0.15) is 5.58 Å². The van der Waals surface area contributed by atoms with Gasteiger partial charge in [-0.25, -0.2) is 17.9 Å². The van der Waals surface area contributed by atoms with Gasteiger partial charge < -0.3 is 4.42 Å². The smallest absolute Gasteiger partial charge is 0.336 e. The second-order valence-corrected chi connectivity index (χ2v) is 7.66. The molecule has 2 atom stereocenters. The summed E-state index contributed by atoms with van der Waals surface area (Å²) in [6, 6.07) is 7.38. The van der Waals surface area contributed by atoms with E-state index in [9.17, 15) is 13.2 Å². The Kier molecular flexibility index (Phi) is 4.06. The van der Waals surface area contributed by atoms with Gasteiger partial charge in [-0.05, 0) is 43.0 Å². The average Bonchev–Trinajstić information content (AvgIpc) is 2.49. The first-order valence-electron chi connectivity index (χ1n) is 7.52. The second kappa shape index (κ2) is 5.85. The average molecular weight is 321 g/mol. The number of rotatable bonds is 3. The molecule has 0 saturated heterocycles. The van der Waals surface area contributed by atoms with Crippen LogP contribution in [0, 0.1) is 5.92 Å². The summed E-state index contributed by atoms with van der Waals surface area (Å²) < 4.78 is 32.9. The topological polar surface area (TPSA) is 76.4 Å². The summed E-state index contributed by atoms with van der Waals surface area (Å²) in [4.78, 5) is 11.4. The van der Waals surface area contributed by atoms with Crippen molar-refractivity contribution in [1.82, 2.24) is 4.72 Å². The van der Waals surface area contributed by atoms with Crippen molar-refractivity contribution in [2.75, 3.05) is 0 Å². The predicted octanol–water partition coefficient (Wildman–Crippen LogP) is 2.65. The molecule has 22 heavy (non-hydrogen) atoms. The number of fused-ring (bicyclic) bond motifs is 1. The van der Waals surface area contributed by atoms with E-state index in [1.54, 1.807) is 6.07 Å². The van der Waals surface area contributed by atoms with Crippen LogP contribution in [0.4, 0.5) is 0 Å². The van der Waals surface area contributed by atoms with Gasteiger partial charge in [0.05, 0.1) is 4.90 Å². The summed E-state index contributed by atoms with van der Waals surface area (Å²) in [7, 11) is -3.56. The van der Waals surface area contributed by atoms with Crippen LogP contribution in [0.25, 0.3) is 11.0 Å². The van der Waals surface area contributed by atoms with Crippen LogP contribution in [0.3, 0.4) is 0 Å². The maximum absolute atomic E-state index is 12.6. The molecule has 118 valence electrons. The van der Waals surface area contributed by atoms with E-state index in [1.807, 2.05) is 0 Å². The lowest BCUT2D eigenvalue weighted by Gasteiger charge is -2.29. The Hall–Kier alpha value is -1.66. The number of benzene rings is 1. The van der Waals surface area contributed by atoms with E-state index in [1.165, 1.54) is 24.3 Å². The second-order valence-electron chi connectivity index (χ2n) is 5.94. The minimum Gasteiger partial charge on any atom is -0.423 e. The Morgan fingerprint density at radius 2 is 1.91 bits per heavy atom. The largest absolute Gasteiger partial charge is 0.423 e. The summed E-state index contributed by atoms with van der Waals surface area (Å²) in [5, 5.41) is 0.596. The van der Waals surface area contributed by atoms with E-state index in [4.69, 9.17) is 4.42 Å². The fourth-order valence-electron chi connectivity index (χ4n) is 2.98. The number of hydrogen-bond donors (Lipinski definition) is 1. The molecule has 3 rings (SSSR count). The number of hydrogen-bond acceptors (Lipinski definition) is 4. The van der Waals surface area contributed by atoms with Crippen LogP contribution in [-0.2, 0) is 10.0 Å². The highest BCUT2D eigenvalue weighted by Crippen LogP contribution is 2.26. The van der Waals surface area contributed by atoms with E-state index in [2.05, 4.69) is 11.6 Å². The van der Waals surface area contributed by atoms with E-state index < -0.39 is 15.6 Å². The molecule has 1 heterocycles. The molecule has 1 aromatic carbocycles. The molecule has 0 aliphatic heterocycles. The van der Waals surface area contributed by atoms with E-state index in [0.29, 0.717) is 16.9 Å². The van der Waals surface area contributed by atoms with Crippen molar-refractivity contribution in [2.45, 2.75) is 43.5 Å². The van der Waals surface area contributed by atoms with Crippen molar-refractivity contribution in [3.63, 3.8) is 0 Å². The zero-order valence-electron chi connectivity index (χ0n) is 12.4. The molecule has 1 aromatic heterocycles. The standard InChI is InChI=1S/C16H19NO4S/c1-11-4-2-3-5-14(11)17-22(19,20)13-7-8-15-12(10-13)6-9-16(18)21-15/h6-11,14,17H,2-5H2,1H3/t11-,14-/m1/s1. The minimum atomic E-state index is -3.56. The molecule has 0 spiro atoms. The number of nitrogens with one attached hydrogen (secondary N) is 1. The van der Waals surface area contributed by atoms with Crippen LogP contribution < -0.4 is 10.3 Å². The Bertz CT molecular complexity index is 841. The third kappa shape index (κ3) is 3.08. The molecular weight excluding hydrogens is 302 g/mol. The highest BCUT2D eigenvalue weighted by molar-refractivity contribution is 7.89. The first-order valence-corrected chi connectivity index (χ1v) is 9.00. The Labute approximate surface area is 129 Å². The van der Waals surface area contributed by atoms with Gasteiger partial charge in [0.2, 0.25) is 10.0 Å². The molecule has 2 aromatic rings. The fraction of sp³-hybridized carbons (Fsp3) is 0.438. The predicted molar refractivity (Wildman–Crippen MR) is 84.2 cm³/mol. The molecule has 1 saturated carbocycles. The van der Waals surface area contributed by atoms with Gasteiger partial charge >= 0.3 is 5.63 Å². The molecule has 0 amide bonds. The lowest BCUT2D eigenvalue weighted by Crippen LogP contribution is -2.40. The zero-order valence-corrected chi connectivity index (χ0v) is 13.2. The minimum absolute atomic E-state index is 0.0110. The maximum Gasteiger partial charge on any atom is 0.336 e. The third-order valence-electron chi connectivity index (χ3n) is 4.32. The van der Waals surface area contributed by atoms with Gasteiger partial charge in [-0.2, -0.15) is 0 Å². The van der Waals surface area contributed by atoms with Gasteiger partial charge in [0.25, 0.3) is 0 Å². The van der Waals surface area contributed by atoms with Crippen LogP contribution in [-0.4, -0.2) is 14.5 Å². The lowest BCUT2D eigenvalue weighted by molar-refractivity contribution is 0.310. The van der Waals surface area contributed by atoms with Crippen molar-refractivity contribution < 1.29 is 12.8 Å². The molecule has 0 unspecified atom stereocenters. The summed E-state index contributed by atoms with van der Waals surface area (Å²) in [5.74, 6) is 0.349. The monoisotopic (exact) mass is 321 g/mol. The Balaban J connectivity index is 1.91. The molecule has 5 nitrogen and oxygen atoms in total. The van der Waals surface area contributed by atoms with Crippen molar-refractivity contribution in [1.29, 1.82) is 0 Å². The highest BCUT2D eigenvalue weighted by Gasteiger charge is 2.26. The number of sulfonamides is 1. The van der Waals surface area contributed by atoms with Gasteiger partial charge in [-0.3, -0.25) is 0 Å². The van der Waals surface area contributed by atoms with Crippen LogP contribution in [0.1, 0.15) is 32.6 Å². The quantitative estimate of drug-likeness (QED) is 0.882. The lowest BCUT2D eigenvalue weighted by atomic mass is 9.87. The van der Waals surface area contributed by atoms with Gasteiger partial charge in [0, 0.05) is 17.5 Å². The molecule has 1 N–H and O–H groups in total. The summed E-state index contributed by atoms with van der Waals surface area (Å²) in [5.41, 5.74) is -0.0604. The van der Waals surface area contributed by atoms with E-state index in [-0.39, 0.29) is 10.9 Å². The third-order valence-corrected chi connectivity index (χ3v) is 5.81. The van der Waals surface area contributed by atoms with E-state index >= 15 is 0 Å². The first kappa shape index (κ1) is 15.2. The molecular formula is C16H19NO4S. The van der Waals surface area contributed by atoms with Crippen LogP contribution >= 0.6 is 0 Å². The highest BCUT2D eigenvalue weighted by atomic mass is 32.2. The Morgan fingerprint density at radius 3 is 2.68 bits per heavy atom. The van der Waals surface area contributed by atoms with Gasteiger partial charge in [0.15, 0.2) is 0 Å². The fourth-order valence-corrected chi connectivity index (χ4v) is 4.39. The Morgan fingerprint density at radius 1 is 1.14 bits per heavy atom. The van der Waals surface area contributed by atoms with E-state index in [0.717, 1.165) is 25.7 Å².